The third-order valence-electron chi connectivity index (χ3n) is 5.63. The molecule has 1 saturated heterocycles. The predicted octanol–water partition coefficient (Wildman–Crippen LogP) is 3.47. The fourth-order valence-electron chi connectivity index (χ4n) is 4.12. The van der Waals surface area contributed by atoms with Gasteiger partial charge in [-0.3, -0.25) is 4.79 Å². The van der Waals surface area contributed by atoms with Gasteiger partial charge in [-0.1, -0.05) is 6.07 Å². The smallest absolute Gasteiger partial charge is 0.212 e. The van der Waals surface area contributed by atoms with Gasteiger partial charge < -0.3 is 9.47 Å². The van der Waals surface area contributed by atoms with Crippen LogP contribution in [0.15, 0.2) is 36.8 Å². The average molecular weight is 404 g/mol. The summed E-state index contributed by atoms with van der Waals surface area (Å²) in [6.45, 7) is 2.86. The van der Waals surface area contributed by atoms with Crippen molar-refractivity contribution in [1.82, 2.24) is 19.7 Å². The lowest BCUT2D eigenvalue weighted by atomic mass is 9.91. The number of ketones is 1. The van der Waals surface area contributed by atoms with Gasteiger partial charge in [-0.2, -0.15) is 9.65 Å². The molecule has 0 saturated carbocycles. The molecule has 152 valence electrons. The molecule has 0 atom stereocenters. The molecule has 30 heavy (non-hydrogen) atoms. The Morgan fingerprint density at radius 2 is 2.00 bits per heavy atom. The fourth-order valence-corrected chi connectivity index (χ4v) is 4.12. The Kier molecular flexibility index (Phi) is 5.27. The van der Waals surface area contributed by atoms with Crippen molar-refractivity contribution in [2.45, 2.75) is 25.7 Å². The van der Waals surface area contributed by atoms with Crippen LogP contribution in [0.3, 0.4) is 0 Å². The van der Waals surface area contributed by atoms with Crippen LogP contribution in [0.2, 0.25) is 0 Å². The molecular formula is C22H21FN6O. The summed E-state index contributed by atoms with van der Waals surface area (Å²) in [5.74, 6) is 0.512. The molecule has 1 aliphatic rings. The number of aryl methyl sites for hydroxylation is 1. The van der Waals surface area contributed by atoms with Crippen molar-refractivity contribution in [3.63, 3.8) is 0 Å². The maximum atomic E-state index is 13.4. The van der Waals surface area contributed by atoms with Crippen LogP contribution in [0.25, 0.3) is 11.1 Å². The van der Waals surface area contributed by atoms with Crippen molar-refractivity contribution in [2.75, 3.05) is 18.0 Å². The second kappa shape index (κ2) is 8.03. The molecule has 8 heteroatoms. The van der Waals surface area contributed by atoms with Crippen LogP contribution in [-0.2, 0) is 7.05 Å². The van der Waals surface area contributed by atoms with Crippen molar-refractivity contribution in [3.05, 3.63) is 59.7 Å². The third kappa shape index (κ3) is 3.54. The van der Waals surface area contributed by atoms with Gasteiger partial charge in [-0.05, 0) is 38.0 Å². The van der Waals surface area contributed by atoms with E-state index in [1.54, 1.807) is 18.5 Å². The molecular weight excluding hydrogens is 383 g/mol. The van der Waals surface area contributed by atoms with E-state index in [0.717, 1.165) is 24.2 Å². The summed E-state index contributed by atoms with van der Waals surface area (Å²) in [7, 11) is 1.94. The van der Waals surface area contributed by atoms with Crippen LogP contribution in [0.4, 0.5) is 10.1 Å². The first-order chi connectivity index (χ1) is 14.5. The molecule has 4 rings (SSSR count). The number of piperidine rings is 1. The minimum Gasteiger partial charge on any atom is -0.370 e. The van der Waals surface area contributed by atoms with Gasteiger partial charge in [0.15, 0.2) is 5.78 Å². The lowest BCUT2D eigenvalue weighted by Crippen LogP contribution is -2.34. The second-order valence-electron chi connectivity index (χ2n) is 7.48. The zero-order valence-electron chi connectivity index (χ0n) is 16.8. The number of nitriles is 1. The Hall–Kier alpha value is -3.60. The Labute approximate surface area is 173 Å². The van der Waals surface area contributed by atoms with Crippen LogP contribution < -0.4 is 4.90 Å². The van der Waals surface area contributed by atoms with Gasteiger partial charge in [0.2, 0.25) is 5.95 Å². The fraction of sp³-hybridized carbons (Fsp3) is 0.318. The molecule has 0 N–H and O–H groups in total. The highest BCUT2D eigenvalue weighted by Crippen LogP contribution is 2.39. The first kappa shape index (κ1) is 19.7. The van der Waals surface area contributed by atoms with E-state index < -0.39 is 5.95 Å². The molecule has 2 aromatic heterocycles. The van der Waals surface area contributed by atoms with Crippen LogP contribution in [-0.4, -0.2) is 38.6 Å². The van der Waals surface area contributed by atoms with Crippen molar-refractivity contribution in [1.29, 1.82) is 5.26 Å². The van der Waals surface area contributed by atoms with E-state index in [-0.39, 0.29) is 11.7 Å². The lowest BCUT2D eigenvalue weighted by molar-refractivity contribution is 0.101. The van der Waals surface area contributed by atoms with Crippen molar-refractivity contribution in [3.8, 4) is 17.2 Å². The summed E-state index contributed by atoms with van der Waals surface area (Å²) < 4.78 is 15.3. The first-order valence-electron chi connectivity index (χ1n) is 9.78. The van der Waals surface area contributed by atoms with E-state index in [1.807, 2.05) is 17.7 Å². The lowest BCUT2D eigenvalue weighted by Gasteiger charge is -2.35. The molecule has 3 aromatic rings. The SMILES string of the molecule is CC(=O)c1ccc(-c2ccc(F)nc2)c(N2CCC(c3nncn3C)CC2)c1C#N. The molecule has 0 unspecified atom stereocenters. The van der Waals surface area contributed by atoms with Gasteiger partial charge in [0.05, 0.1) is 11.3 Å². The van der Waals surface area contributed by atoms with Gasteiger partial charge in [-0.15, -0.1) is 10.2 Å². The molecule has 0 aliphatic carbocycles. The van der Waals surface area contributed by atoms with Crippen LogP contribution >= 0.6 is 0 Å². The standard InChI is InChI=1S/C22H21FN6O/c1-14(30)17-4-5-18(16-3-6-20(23)25-12-16)21(19(17)11-24)29-9-7-15(8-10-29)22-27-26-13-28(22)2/h3-6,12-13,15H,7-10H2,1-2H3. The maximum Gasteiger partial charge on any atom is 0.212 e. The molecule has 1 aromatic carbocycles. The van der Waals surface area contributed by atoms with E-state index in [2.05, 4.69) is 26.2 Å². The summed E-state index contributed by atoms with van der Waals surface area (Å²) in [4.78, 5) is 18.0. The van der Waals surface area contributed by atoms with Gasteiger partial charge in [0, 0.05) is 48.9 Å². The van der Waals surface area contributed by atoms with Crippen LogP contribution in [0.5, 0.6) is 0 Å². The zero-order valence-corrected chi connectivity index (χ0v) is 16.8. The molecule has 0 spiro atoms. The molecule has 0 bridgehead atoms. The molecule has 3 heterocycles. The van der Waals surface area contributed by atoms with E-state index in [0.29, 0.717) is 35.5 Å². The highest BCUT2D eigenvalue weighted by Gasteiger charge is 2.28. The molecule has 0 radical (unpaired) electrons. The topological polar surface area (TPSA) is 87.7 Å². The number of anilines is 1. The van der Waals surface area contributed by atoms with Crippen molar-refractivity contribution >= 4 is 11.5 Å². The van der Waals surface area contributed by atoms with Crippen molar-refractivity contribution < 1.29 is 9.18 Å². The Bertz CT molecular complexity index is 1120. The predicted molar refractivity (Wildman–Crippen MR) is 110 cm³/mol. The number of hydrogen-bond donors (Lipinski definition) is 0. The summed E-state index contributed by atoms with van der Waals surface area (Å²) in [6, 6.07) is 8.64. The minimum atomic E-state index is -0.564. The van der Waals surface area contributed by atoms with E-state index >= 15 is 0 Å². The highest BCUT2D eigenvalue weighted by atomic mass is 19.1. The quantitative estimate of drug-likeness (QED) is 0.489. The van der Waals surface area contributed by atoms with Crippen LogP contribution in [0, 0.1) is 17.3 Å². The molecule has 1 fully saturated rings. The summed E-state index contributed by atoms with van der Waals surface area (Å²) >= 11 is 0. The van der Waals surface area contributed by atoms with Gasteiger partial charge in [-0.25, -0.2) is 4.98 Å². The number of nitrogens with zero attached hydrogens (tertiary/aromatic N) is 6. The Balaban J connectivity index is 1.75. The van der Waals surface area contributed by atoms with Gasteiger partial charge >= 0.3 is 0 Å². The average Bonchev–Trinajstić information content (AvgIpc) is 3.19. The van der Waals surface area contributed by atoms with Crippen molar-refractivity contribution in [2.24, 2.45) is 7.05 Å². The first-order valence-corrected chi connectivity index (χ1v) is 9.78. The number of pyridine rings is 1. The second-order valence-corrected chi connectivity index (χ2v) is 7.48. The minimum absolute atomic E-state index is 0.162. The Morgan fingerprint density at radius 1 is 1.23 bits per heavy atom. The number of rotatable bonds is 4. The normalized spacial score (nSPS) is 14.5. The molecule has 0 amide bonds. The zero-order chi connectivity index (χ0) is 21.3. The number of aromatic nitrogens is 4. The van der Waals surface area contributed by atoms with Gasteiger partial charge in [0.25, 0.3) is 0 Å². The van der Waals surface area contributed by atoms with Crippen LogP contribution in [0.1, 0.15) is 47.4 Å². The monoisotopic (exact) mass is 404 g/mol. The molecule has 7 nitrogen and oxygen atoms in total. The summed E-state index contributed by atoms with van der Waals surface area (Å²) in [6.07, 6.45) is 4.85. The number of hydrogen-bond acceptors (Lipinski definition) is 6. The van der Waals surface area contributed by atoms with E-state index in [1.165, 1.54) is 19.2 Å². The number of halogens is 1. The highest BCUT2D eigenvalue weighted by molar-refractivity contribution is 6.00. The summed E-state index contributed by atoms with van der Waals surface area (Å²) in [5.41, 5.74) is 2.91. The number of benzene rings is 1. The molecule has 1 aliphatic heterocycles. The Morgan fingerprint density at radius 3 is 2.57 bits per heavy atom. The summed E-state index contributed by atoms with van der Waals surface area (Å²) in [5, 5.41) is 18.1. The van der Waals surface area contributed by atoms with E-state index in [4.69, 9.17) is 0 Å². The number of carbonyl (C=O) groups is 1. The third-order valence-corrected chi connectivity index (χ3v) is 5.63. The maximum absolute atomic E-state index is 13.4. The van der Waals surface area contributed by atoms with E-state index in [9.17, 15) is 14.4 Å². The number of carbonyl (C=O) groups excluding carboxylic acids is 1. The number of Topliss-reactive ketones (excluding diaryl/α,β-unsaturated/α-hetero) is 1. The largest absolute Gasteiger partial charge is 0.370 e. The van der Waals surface area contributed by atoms with Gasteiger partial charge in [0.1, 0.15) is 18.2 Å².